The first-order valence-corrected chi connectivity index (χ1v) is 8.32. The minimum atomic E-state index is -0.451. The van der Waals surface area contributed by atoms with E-state index in [1.54, 1.807) is 30.3 Å². The predicted octanol–water partition coefficient (Wildman–Crippen LogP) is 3.81. The molecule has 0 unspecified atom stereocenters. The number of aryl methyl sites for hydroxylation is 1. The van der Waals surface area contributed by atoms with Gasteiger partial charge in [0.15, 0.2) is 5.76 Å². The number of rotatable bonds is 9. The van der Waals surface area contributed by atoms with Crippen LogP contribution < -0.4 is 5.32 Å². The fourth-order valence-corrected chi connectivity index (χ4v) is 2.10. The third-order valence-corrected chi connectivity index (χ3v) is 3.57. The summed E-state index contributed by atoms with van der Waals surface area (Å²) in [6.07, 6.45) is 3.48. The molecule has 0 radical (unpaired) electrons. The van der Waals surface area contributed by atoms with Gasteiger partial charge in [-0.1, -0.05) is 19.4 Å². The molecule has 0 aliphatic rings. The van der Waals surface area contributed by atoms with E-state index in [-0.39, 0.29) is 18.3 Å². The Bertz CT molecular complexity index is 694. The van der Waals surface area contributed by atoms with E-state index in [2.05, 4.69) is 12.2 Å². The second kappa shape index (κ2) is 9.64. The number of ether oxygens (including phenoxy) is 2. The van der Waals surface area contributed by atoms with Crippen LogP contribution in [0.1, 0.15) is 46.2 Å². The summed E-state index contributed by atoms with van der Waals surface area (Å²) in [5, 5.41) is 2.73. The number of benzene rings is 1. The monoisotopic (exact) mass is 345 g/mol. The molecule has 0 bridgehead atoms. The van der Waals surface area contributed by atoms with Crippen molar-refractivity contribution in [3.8, 4) is 0 Å². The highest BCUT2D eigenvalue weighted by Gasteiger charge is 2.13. The number of anilines is 1. The van der Waals surface area contributed by atoms with Gasteiger partial charge >= 0.3 is 5.97 Å². The van der Waals surface area contributed by atoms with Gasteiger partial charge in [-0.2, -0.15) is 0 Å². The maximum absolute atomic E-state index is 12.1. The fourth-order valence-electron chi connectivity index (χ4n) is 2.10. The first kappa shape index (κ1) is 18.7. The van der Waals surface area contributed by atoms with Crippen molar-refractivity contribution in [1.29, 1.82) is 0 Å². The van der Waals surface area contributed by atoms with Crippen molar-refractivity contribution in [2.24, 2.45) is 0 Å². The number of unbranched alkanes of at least 4 members (excludes halogenated alkanes) is 1. The SMILES string of the molecule is CCCCOCCOC(=O)c1ccc(C)c(NC(=O)c2ccco2)c1. The molecule has 0 saturated heterocycles. The summed E-state index contributed by atoms with van der Waals surface area (Å²) in [5.74, 6) is -0.618. The minimum absolute atomic E-state index is 0.199. The highest BCUT2D eigenvalue weighted by Crippen LogP contribution is 2.19. The van der Waals surface area contributed by atoms with Crippen LogP contribution in [0.5, 0.6) is 0 Å². The zero-order valence-electron chi connectivity index (χ0n) is 14.5. The smallest absolute Gasteiger partial charge is 0.338 e. The average molecular weight is 345 g/mol. The Morgan fingerprint density at radius 2 is 2.00 bits per heavy atom. The lowest BCUT2D eigenvalue weighted by Crippen LogP contribution is -2.14. The lowest BCUT2D eigenvalue weighted by atomic mass is 10.1. The molecule has 0 aliphatic carbocycles. The number of nitrogens with one attached hydrogen (secondary N) is 1. The van der Waals surface area contributed by atoms with Crippen molar-refractivity contribution in [3.05, 3.63) is 53.5 Å². The summed E-state index contributed by atoms with van der Waals surface area (Å²) in [6, 6.07) is 8.22. The number of esters is 1. The van der Waals surface area contributed by atoms with Crippen LogP contribution in [0.25, 0.3) is 0 Å². The number of furan rings is 1. The molecule has 0 aliphatic heterocycles. The van der Waals surface area contributed by atoms with Gasteiger partial charge in [0.1, 0.15) is 6.61 Å². The lowest BCUT2D eigenvalue weighted by Gasteiger charge is -2.10. The minimum Gasteiger partial charge on any atom is -0.460 e. The average Bonchev–Trinajstić information content (AvgIpc) is 3.14. The summed E-state index contributed by atoms with van der Waals surface area (Å²) in [7, 11) is 0. The maximum atomic E-state index is 12.1. The highest BCUT2D eigenvalue weighted by atomic mass is 16.6. The number of hydrogen-bond donors (Lipinski definition) is 1. The number of amides is 1. The molecule has 0 fully saturated rings. The maximum Gasteiger partial charge on any atom is 0.338 e. The summed E-state index contributed by atoms with van der Waals surface area (Å²) in [5.41, 5.74) is 1.74. The van der Waals surface area contributed by atoms with E-state index in [4.69, 9.17) is 13.9 Å². The standard InChI is InChI=1S/C19H23NO5/c1-3-4-9-23-11-12-25-19(22)15-8-7-14(2)16(13-15)20-18(21)17-6-5-10-24-17/h5-8,10,13H,3-4,9,11-12H2,1-2H3,(H,20,21). The summed E-state index contributed by atoms with van der Waals surface area (Å²) < 4.78 is 15.6. The molecule has 6 nitrogen and oxygen atoms in total. The van der Waals surface area contributed by atoms with Crippen molar-refractivity contribution in [2.75, 3.05) is 25.1 Å². The molecule has 1 N–H and O–H groups in total. The molecule has 25 heavy (non-hydrogen) atoms. The van der Waals surface area contributed by atoms with Crippen LogP contribution in [-0.4, -0.2) is 31.7 Å². The molecule has 0 spiro atoms. The molecule has 6 heteroatoms. The predicted molar refractivity (Wildman–Crippen MR) is 93.8 cm³/mol. The van der Waals surface area contributed by atoms with Gasteiger partial charge in [0, 0.05) is 12.3 Å². The molecule has 1 amide bonds. The van der Waals surface area contributed by atoms with Gasteiger partial charge in [-0.25, -0.2) is 4.79 Å². The van der Waals surface area contributed by atoms with Gasteiger partial charge in [-0.15, -0.1) is 0 Å². The molecule has 2 aromatic rings. The van der Waals surface area contributed by atoms with Crippen LogP contribution in [0.2, 0.25) is 0 Å². The topological polar surface area (TPSA) is 77.8 Å². The lowest BCUT2D eigenvalue weighted by molar-refractivity contribution is 0.0314. The van der Waals surface area contributed by atoms with E-state index < -0.39 is 5.97 Å². The van der Waals surface area contributed by atoms with E-state index in [1.807, 2.05) is 6.92 Å². The molecular formula is C19H23NO5. The van der Waals surface area contributed by atoms with Crippen LogP contribution in [0.15, 0.2) is 41.0 Å². The van der Waals surface area contributed by atoms with E-state index in [1.165, 1.54) is 6.26 Å². The van der Waals surface area contributed by atoms with Crippen molar-refractivity contribution in [1.82, 2.24) is 0 Å². The number of hydrogen-bond acceptors (Lipinski definition) is 5. The fraction of sp³-hybridized carbons (Fsp3) is 0.368. The molecular weight excluding hydrogens is 322 g/mol. The first-order chi connectivity index (χ1) is 12.1. The van der Waals surface area contributed by atoms with Gasteiger partial charge in [-0.05, 0) is 43.2 Å². The van der Waals surface area contributed by atoms with Crippen LogP contribution in [0.3, 0.4) is 0 Å². The Morgan fingerprint density at radius 3 is 2.72 bits per heavy atom. The second-order valence-electron chi connectivity index (χ2n) is 5.56. The molecule has 2 rings (SSSR count). The van der Waals surface area contributed by atoms with Crippen molar-refractivity contribution < 1.29 is 23.5 Å². The van der Waals surface area contributed by atoms with Crippen LogP contribution >= 0.6 is 0 Å². The first-order valence-electron chi connectivity index (χ1n) is 8.32. The van der Waals surface area contributed by atoms with Gasteiger partial charge in [0.05, 0.1) is 18.4 Å². The Balaban J connectivity index is 1.91. The van der Waals surface area contributed by atoms with E-state index >= 15 is 0 Å². The van der Waals surface area contributed by atoms with Crippen molar-refractivity contribution in [3.63, 3.8) is 0 Å². The van der Waals surface area contributed by atoms with Crippen LogP contribution in [0.4, 0.5) is 5.69 Å². The molecule has 0 atom stereocenters. The van der Waals surface area contributed by atoms with Crippen LogP contribution in [-0.2, 0) is 9.47 Å². The Kier molecular flexibility index (Phi) is 7.22. The zero-order valence-corrected chi connectivity index (χ0v) is 14.5. The Morgan fingerprint density at radius 1 is 1.16 bits per heavy atom. The summed E-state index contributed by atoms with van der Waals surface area (Å²) in [6.45, 7) is 5.17. The zero-order chi connectivity index (χ0) is 18.1. The molecule has 1 aromatic heterocycles. The second-order valence-corrected chi connectivity index (χ2v) is 5.56. The van der Waals surface area contributed by atoms with Crippen molar-refractivity contribution >= 4 is 17.6 Å². The third-order valence-electron chi connectivity index (χ3n) is 3.57. The normalized spacial score (nSPS) is 10.5. The quantitative estimate of drug-likeness (QED) is 0.552. The number of carbonyl (C=O) groups is 2. The van der Waals surface area contributed by atoms with E-state index in [0.717, 1.165) is 18.4 Å². The van der Waals surface area contributed by atoms with Gasteiger partial charge in [0.2, 0.25) is 0 Å². The Hall–Kier alpha value is -2.60. The molecule has 1 aromatic carbocycles. The van der Waals surface area contributed by atoms with Gasteiger partial charge < -0.3 is 19.2 Å². The Labute approximate surface area is 147 Å². The van der Waals surface area contributed by atoms with Gasteiger partial charge in [0.25, 0.3) is 5.91 Å². The van der Waals surface area contributed by atoms with Crippen molar-refractivity contribution in [2.45, 2.75) is 26.7 Å². The highest BCUT2D eigenvalue weighted by molar-refractivity contribution is 6.03. The molecule has 134 valence electrons. The molecule has 1 heterocycles. The van der Waals surface area contributed by atoms with E-state index in [9.17, 15) is 9.59 Å². The molecule has 0 saturated carbocycles. The van der Waals surface area contributed by atoms with E-state index in [0.29, 0.717) is 24.5 Å². The van der Waals surface area contributed by atoms with Gasteiger partial charge in [-0.3, -0.25) is 4.79 Å². The summed E-state index contributed by atoms with van der Waals surface area (Å²) >= 11 is 0. The number of carbonyl (C=O) groups excluding carboxylic acids is 2. The third kappa shape index (κ3) is 5.76. The summed E-state index contributed by atoms with van der Waals surface area (Å²) in [4.78, 5) is 24.2. The van der Waals surface area contributed by atoms with Crippen LogP contribution in [0, 0.1) is 6.92 Å². The largest absolute Gasteiger partial charge is 0.460 e.